The van der Waals surface area contributed by atoms with Gasteiger partial charge in [0, 0.05) is 0 Å². The van der Waals surface area contributed by atoms with Crippen molar-refractivity contribution >= 4 is 31.8 Å². The third kappa shape index (κ3) is 2.64. The number of halogens is 1. The fourth-order valence-corrected chi connectivity index (χ4v) is 3.15. The zero-order valence-electron chi connectivity index (χ0n) is 8.74. The van der Waals surface area contributed by atoms with Gasteiger partial charge in [-0.25, -0.2) is 4.39 Å². The van der Waals surface area contributed by atoms with Crippen molar-refractivity contribution in [3.63, 3.8) is 0 Å². The topological polar surface area (TPSA) is 68.1 Å². The van der Waals surface area contributed by atoms with E-state index in [1.54, 1.807) is 6.26 Å². The number of rotatable bonds is 2. The van der Waals surface area contributed by atoms with E-state index < -0.39 is 26.8 Å². The zero-order chi connectivity index (χ0) is 12.5. The third-order valence-corrected chi connectivity index (χ3v) is 4.54. The van der Waals surface area contributed by atoms with Gasteiger partial charge in [0.25, 0.3) is 5.23 Å². The van der Waals surface area contributed by atoms with Crippen LogP contribution in [0, 0.1) is 5.82 Å². The maximum absolute atomic E-state index is 12.7. The van der Waals surface area contributed by atoms with Crippen LogP contribution in [0.15, 0.2) is 39.4 Å². The van der Waals surface area contributed by atoms with Gasteiger partial charge in [-0.3, -0.25) is 0 Å². The average molecular weight is 276 g/mol. The van der Waals surface area contributed by atoms with Crippen molar-refractivity contribution < 1.29 is 17.0 Å². The standard InChI is InChI=1S/C9H9FN2O3S2/c1-16-6-11-12-9(16)15-17(13,14)8-4-2-7(10)3-5-8/h2-6,16H,1H3. The van der Waals surface area contributed by atoms with Gasteiger partial charge < -0.3 is 4.18 Å². The van der Waals surface area contributed by atoms with E-state index in [1.807, 2.05) is 0 Å². The minimum atomic E-state index is -3.95. The Labute approximate surface area is 100 Å². The highest BCUT2D eigenvalue weighted by atomic mass is 32.2. The molecule has 0 saturated carbocycles. The Bertz CT molecular complexity index is 581. The molecule has 1 aromatic rings. The Kier molecular flexibility index (Phi) is 3.16. The number of thiol groups is 1. The fourth-order valence-electron chi connectivity index (χ4n) is 1.10. The van der Waals surface area contributed by atoms with Gasteiger partial charge in [0.1, 0.15) is 10.7 Å². The van der Waals surface area contributed by atoms with Crippen LogP contribution in [0.3, 0.4) is 0 Å². The van der Waals surface area contributed by atoms with Crippen LogP contribution in [-0.2, 0) is 14.3 Å². The van der Waals surface area contributed by atoms with Gasteiger partial charge in [0.15, 0.2) is 0 Å². The molecule has 0 aromatic heterocycles. The first-order chi connectivity index (χ1) is 7.99. The van der Waals surface area contributed by atoms with Crippen molar-refractivity contribution in [3.05, 3.63) is 30.1 Å². The number of hydrogen-bond donors (Lipinski definition) is 1. The van der Waals surface area contributed by atoms with Gasteiger partial charge in [0.05, 0.1) is 5.55 Å². The van der Waals surface area contributed by atoms with Crippen molar-refractivity contribution in [2.24, 2.45) is 10.2 Å². The predicted octanol–water partition coefficient (Wildman–Crippen LogP) is 1.47. The molecule has 17 heavy (non-hydrogen) atoms. The second-order valence-corrected chi connectivity index (χ2v) is 6.60. The number of nitrogens with zero attached hydrogens (tertiary/aromatic N) is 2. The molecule has 0 N–H and O–H groups in total. The molecular weight excluding hydrogens is 267 g/mol. The first kappa shape index (κ1) is 12.1. The molecule has 1 unspecified atom stereocenters. The third-order valence-electron chi connectivity index (χ3n) is 1.96. The molecular formula is C9H9FN2O3S2. The molecule has 92 valence electrons. The maximum atomic E-state index is 12.7. The lowest BCUT2D eigenvalue weighted by molar-refractivity contribution is 0.487. The summed E-state index contributed by atoms with van der Waals surface area (Å²) in [5, 5.41) is 7.24. The van der Waals surface area contributed by atoms with E-state index in [9.17, 15) is 12.8 Å². The van der Waals surface area contributed by atoms with E-state index in [4.69, 9.17) is 4.18 Å². The molecule has 1 aliphatic heterocycles. The van der Waals surface area contributed by atoms with Crippen LogP contribution in [0.25, 0.3) is 0 Å². The minimum absolute atomic E-state index is 0.0734. The molecule has 0 bridgehead atoms. The normalized spacial score (nSPS) is 21.3. The second-order valence-electron chi connectivity index (χ2n) is 3.22. The monoisotopic (exact) mass is 276 g/mol. The Morgan fingerprint density at radius 2 is 1.94 bits per heavy atom. The second kappa shape index (κ2) is 4.46. The highest BCUT2D eigenvalue weighted by molar-refractivity contribution is 8.39. The van der Waals surface area contributed by atoms with E-state index in [0.717, 1.165) is 24.3 Å². The predicted molar refractivity (Wildman–Crippen MR) is 65.5 cm³/mol. The Morgan fingerprint density at radius 1 is 1.29 bits per heavy atom. The van der Waals surface area contributed by atoms with Crippen LogP contribution in [-0.4, -0.2) is 25.4 Å². The minimum Gasteiger partial charge on any atom is -0.352 e. The summed E-state index contributed by atoms with van der Waals surface area (Å²) in [6.45, 7) is 0. The lowest BCUT2D eigenvalue weighted by Crippen LogP contribution is -2.12. The summed E-state index contributed by atoms with van der Waals surface area (Å²) in [6, 6.07) is 4.38. The summed E-state index contributed by atoms with van der Waals surface area (Å²) in [5.74, 6) is -0.511. The smallest absolute Gasteiger partial charge is 0.341 e. The van der Waals surface area contributed by atoms with Crippen molar-refractivity contribution in [2.45, 2.75) is 4.90 Å². The van der Waals surface area contributed by atoms with E-state index >= 15 is 0 Å². The van der Waals surface area contributed by atoms with E-state index in [0.29, 0.717) is 0 Å². The molecule has 1 heterocycles. The fraction of sp³-hybridized carbons (Fsp3) is 0.111. The summed E-state index contributed by atoms with van der Waals surface area (Å²) in [5.41, 5.74) is 1.53. The van der Waals surface area contributed by atoms with Gasteiger partial charge in [-0.1, -0.05) is 0 Å². The lowest BCUT2D eigenvalue weighted by Gasteiger charge is -2.09. The maximum Gasteiger partial charge on any atom is 0.341 e. The van der Waals surface area contributed by atoms with Crippen LogP contribution in [0.1, 0.15) is 0 Å². The average Bonchev–Trinajstić information content (AvgIpc) is 2.64. The Morgan fingerprint density at radius 3 is 2.47 bits per heavy atom. The molecule has 1 aromatic carbocycles. The summed E-state index contributed by atoms with van der Waals surface area (Å²) in [7, 11) is -4.86. The summed E-state index contributed by atoms with van der Waals surface area (Å²) in [4.78, 5) is -0.114. The van der Waals surface area contributed by atoms with Gasteiger partial charge in [-0.2, -0.15) is 8.42 Å². The van der Waals surface area contributed by atoms with Crippen LogP contribution in [0.5, 0.6) is 0 Å². The number of benzene rings is 1. The van der Waals surface area contributed by atoms with Gasteiger partial charge in [0.2, 0.25) is 0 Å². The zero-order valence-corrected chi connectivity index (χ0v) is 10.5. The van der Waals surface area contributed by atoms with Crippen molar-refractivity contribution in [1.82, 2.24) is 0 Å². The van der Waals surface area contributed by atoms with Gasteiger partial charge >= 0.3 is 10.1 Å². The van der Waals surface area contributed by atoms with E-state index in [1.165, 1.54) is 5.55 Å². The molecule has 2 rings (SSSR count). The quantitative estimate of drug-likeness (QED) is 0.657. The molecule has 0 aliphatic carbocycles. The highest BCUT2D eigenvalue weighted by Crippen LogP contribution is 2.27. The molecule has 0 saturated heterocycles. The van der Waals surface area contributed by atoms with Crippen LogP contribution in [0.2, 0.25) is 0 Å². The molecule has 8 heteroatoms. The van der Waals surface area contributed by atoms with Crippen molar-refractivity contribution in [2.75, 3.05) is 6.26 Å². The lowest BCUT2D eigenvalue weighted by atomic mass is 10.4. The Balaban J connectivity index is 2.23. The van der Waals surface area contributed by atoms with E-state index in [-0.39, 0.29) is 10.1 Å². The first-order valence-corrected chi connectivity index (χ1v) is 7.80. The van der Waals surface area contributed by atoms with Gasteiger partial charge in [-0.15, -0.1) is 21.1 Å². The van der Waals surface area contributed by atoms with E-state index in [2.05, 4.69) is 10.2 Å². The van der Waals surface area contributed by atoms with Crippen LogP contribution >= 0.6 is 10.9 Å². The van der Waals surface area contributed by atoms with Crippen molar-refractivity contribution in [3.8, 4) is 0 Å². The molecule has 0 amide bonds. The summed E-state index contributed by atoms with van der Waals surface area (Å²) < 4.78 is 41.1. The van der Waals surface area contributed by atoms with Crippen molar-refractivity contribution in [1.29, 1.82) is 0 Å². The Hall–Kier alpha value is -1.41. The largest absolute Gasteiger partial charge is 0.352 e. The molecule has 5 nitrogen and oxygen atoms in total. The number of hydrogen-bond acceptors (Lipinski definition) is 5. The first-order valence-electron chi connectivity index (χ1n) is 4.53. The van der Waals surface area contributed by atoms with Crippen LogP contribution in [0.4, 0.5) is 4.39 Å². The molecule has 0 fully saturated rings. The highest BCUT2D eigenvalue weighted by Gasteiger charge is 2.22. The van der Waals surface area contributed by atoms with Crippen LogP contribution < -0.4 is 0 Å². The summed E-state index contributed by atoms with van der Waals surface area (Å²) in [6.07, 6.45) is 1.77. The molecule has 0 spiro atoms. The molecule has 1 aliphatic rings. The summed E-state index contributed by atoms with van der Waals surface area (Å²) >= 11 is 0. The molecule has 1 atom stereocenters. The van der Waals surface area contributed by atoms with Gasteiger partial charge in [-0.05, 0) is 30.5 Å². The molecule has 0 radical (unpaired) electrons. The SMILES string of the molecule is C[SH]1C=NN=C1OS(=O)(=O)c1ccc(F)cc1.